The molecular weight excluding hydrogens is 376 g/mol. The number of rotatable bonds is 4. The Morgan fingerprint density at radius 2 is 1.90 bits per heavy atom. The zero-order valence-corrected chi connectivity index (χ0v) is 16.1. The molecule has 0 spiro atoms. The number of carbonyl (C=O) groups excluding carboxylic acids is 1. The SMILES string of the molecule is COc1ccccc1NC(=O)C1=C(C)NC(C)=C(C#N)C1c1ccc(F)cc1F. The third kappa shape index (κ3) is 3.83. The largest absolute Gasteiger partial charge is 0.495 e. The number of nitrogens with zero attached hydrogens (tertiary/aromatic N) is 1. The maximum absolute atomic E-state index is 14.6. The van der Waals surface area contributed by atoms with Gasteiger partial charge in [-0.2, -0.15) is 5.26 Å². The molecule has 1 unspecified atom stereocenters. The fourth-order valence-corrected chi connectivity index (χ4v) is 3.43. The number of para-hydroxylation sites is 2. The van der Waals surface area contributed by atoms with Gasteiger partial charge in [-0.25, -0.2) is 8.78 Å². The molecule has 2 aromatic carbocycles. The van der Waals surface area contributed by atoms with Crippen LogP contribution in [0.1, 0.15) is 25.3 Å². The molecule has 1 aliphatic rings. The molecule has 0 aliphatic carbocycles. The van der Waals surface area contributed by atoms with E-state index in [1.165, 1.54) is 13.2 Å². The molecule has 0 saturated carbocycles. The van der Waals surface area contributed by atoms with Crippen molar-refractivity contribution in [3.05, 3.63) is 82.2 Å². The minimum Gasteiger partial charge on any atom is -0.495 e. The van der Waals surface area contributed by atoms with Crippen molar-refractivity contribution in [3.8, 4) is 11.8 Å². The Kier molecular flexibility index (Phi) is 5.64. The van der Waals surface area contributed by atoms with Crippen LogP contribution in [0.2, 0.25) is 0 Å². The van der Waals surface area contributed by atoms with E-state index >= 15 is 0 Å². The van der Waals surface area contributed by atoms with E-state index in [2.05, 4.69) is 16.7 Å². The predicted octanol–water partition coefficient (Wildman–Crippen LogP) is 4.37. The van der Waals surface area contributed by atoms with Gasteiger partial charge in [0.1, 0.15) is 17.4 Å². The first-order valence-corrected chi connectivity index (χ1v) is 8.85. The molecule has 0 radical (unpaired) electrons. The van der Waals surface area contributed by atoms with Crippen LogP contribution in [0.4, 0.5) is 14.5 Å². The highest BCUT2D eigenvalue weighted by Crippen LogP contribution is 2.39. The van der Waals surface area contributed by atoms with Crippen LogP contribution < -0.4 is 15.4 Å². The van der Waals surface area contributed by atoms with Crippen LogP contribution in [-0.4, -0.2) is 13.0 Å². The number of benzene rings is 2. The molecule has 0 fully saturated rings. The van der Waals surface area contributed by atoms with Crippen LogP contribution >= 0.6 is 0 Å². The molecule has 5 nitrogen and oxygen atoms in total. The van der Waals surface area contributed by atoms with Gasteiger partial charge in [-0.05, 0) is 32.0 Å². The number of methoxy groups -OCH3 is 1. The van der Waals surface area contributed by atoms with E-state index in [-0.39, 0.29) is 16.7 Å². The minimum atomic E-state index is -0.975. The van der Waals surface area contributed by atoms with Crippen molar-refractivity contribution in [1.82, 2.24) is 5.32 Å². The predicted molar refractivity (Wildman–Crippen MR) is 105 cm³/mol. The van der Waals surface area contributed by atoms with Gasteiger partial charge in [0.15, 0.2) is 0 Å². The number of hydrogen-bond donors (Lipinski definition) is 2. The van der Waals surface area contributed by atoms with E-state index in [9.17, 15) is 18.8 Å². The van der Waals surface area contributed by atoms with Gasteiger partial charge in [0.2, 0.25) is 0 Å². The molecule has 3 rings (SSSR count). The van der Waals surface area contributed by atoms with Gasteiger partial charge in [0, 0.05) is 28.6 Å². The van der Waals surface area contributed by atoms with Gasteiger partial charge in [0.05, 0.1) is 30.4 Å². The number of nitrogens with one attached hydrogen (secondary N) is 2. The third-order valence-corrected chi connectivity index (χ3v) is 4.75. The highest BCUT2D eigenvalue weighted by atomic mass is 19.1. The monoisotopic (exact) mass is 395 g/mol. The molecule has 1 aliphatic heterocycles. The quantitative estimate of drug-likeness (QED) is 0.806. The van der Waals surface area contributed by atoms with Crippen LogP contribution in [-0.2, 0) is 4.79 Å². The summed E-state index contributed by atoms with van der Waals surface area (Å²) in [6.45, 7) is 3.34. The van der Waals surface area contributed by atoms with Crippen molar-refractivity contribution >= 4 is 11.6 Å². The summed E-state index contributed by atoms with van der Waals surface area (Å²) in [5.74, 6) is -2.60. The van der Waals surface area contributed by atoms with Crippen LogP contribution in [0.3, 0.4) is 0 Å². The van der Waals surface area contributed by atoms with Crippen LogP contribution in [0.15, 0.2) is 65.0 Å². The number of anilines is 1. The number of allylic oxidation sites excluding steroid dienone is 3. The molecule has 2 N–H and O–H groups in total. The lowest BCUT2D eigenvalue weighted by atomic mass is 9.80. The average Bonchev–Trinajstić information content (AvgIpc) is 2.68. The molecule has 0 bridgehead atoms. The first-order chi connectivity index (χ1) is 13.9. The van der Waals surface area contributed by atoms with Crippen molar-refractivity contribution in [2.24, 2.45) is 0 Å². The standard InChI is InChI=1S/C22H19F2N3O2/c1-12-16(11-25)21(15-9-8-14(23)10-17(15)24)20(13(2)26-12)22(28)27-18-6-4-5-7-19(18)29-3/h4-10,21,26H,1-3H3,(H,27,28). The van der Waals surface area contributed by atoms with E-state index in [1.807, 2.05) is 0 Å². The number of amides is 1. The lowest BCUT2D eigenvalue weighted by molar-refractivity contribution is -0.113. The molecule has 29 heavy (non-hydrogen) atoms. The number of dihydropyridines is 1. The third-order valence-electron chi connectivity index (χ3n) is 4.75. The van der Waals surface area contributed by atoms with E-state index in [4.69, 9.17) is 4.74 Å². The summed E-state index contributed by atoms with van der Waals surface area (Å²) in [6.07, 6.45) is 0. The second-order valence-electron chi connectivity index (χ2n) is 6.57. The molecule has 1 amide bonds. The van der Waals surface area contributed by atoms with Crippen LogP contribution in [0, 0.1) is 23.0 Å². The molecule has 0 aromatic heterocycles. The summed E-state index contributed by atoms with van der Waals surface area (Å²) >= 11 is 0. The minimum absolute atomic E-state index is 0.0494. The first-order valence-electron chi connectivity index (χ1n) is 8.85. The van der Waals surface area contributed by atoms with Gasteiger partial charge in [-0.15, -0.1) is 0 Å². The van der Waals surface area contributed by atoms with Crippen molar-refractivity contribution in [2.45, 2.75) is 19.8 Å². The van der Waals surface area contributed by atoms with E-state index < -0.39 is 23.5 Å². The van der Waals surface area contributed by atoms with Gasteiger partial charge in [-0.1, -0.05) is 18.2 Å². The highest BCUT2D eigenvalue weighted by molar-refractivity contribution is 6.07. The lowest BCUT2D eigenvalue weighted by Gasteiger charge is -2.29. The normalized spacial score (nSPS) is 16.2. The second-order valence-corrected chi connectivity index (χ2v) is 6.57. The Bertz CT molecular complexity index is 1080. The number of carbonyl (C=O) groups is 1. The summed E-state index contributed by atoms with van der Waals surface area (Å²) in [4.78, 5) is 13.2. The number of ether oxygens (including phenoxy) is 1. The highest BCUT2D eigenvalue weighted by Gasteiger charge is 2.35. The van der Waals surface area contributed by atoms with Gasteiger partial charge < -0.3 is 15.4 Å². The van der Waals surface area contributed by atoms with Gasteiger partial charge in [-0.3, -0.25) is 4.79 Å². The maximum Gasteiger partial charge on any atom is 0.254 e. The molecule has 1 atom stereocenters. The molecule has 1 heterocycles. The Morgan fingerprint density at radius 3 is 2.55 bits per heavy atom. The zero-order chi connectivity index (χ0) is 21.1. The summed E-state index contributed by atoms with van der Waals surface area (Å²) in [5.41, 5.74) is 1.82. The molecule has 2 aromatic rings. The number of nitriles is 1. The summed E-state index contributed by atoms with van der Waals surface area (Å²) in [5, 5.41) is 15.4. The first kappa shape index (κ1) is 20.1. The van der Waals surface area contributed by atoms with Crippen LogP contribution in [0.25, 0.3) is 0 Å². The van der Waals surface area contributed by atoms with Crippen molar-refractivity contribution < 1.29 is 18.3 Å². The van der Waals surface area contributed by atoms with Gasteiger partial charge >= 0.3 is 0 Å². The van der Waals surface area contributed by atoms with E-state index in [1.54, 1.807) is 38.1 Å². The summed E-state index contributed by atoms with van der Waals surface area (Å²) in [6, 6.07) is 12.0. The van der Waals surface area contributed by atoms with E-state index in [0.717, 1.165) is 12.1 Å². The number of hydrogen-bond acceptors (Lipinski definition) is 4. The van der Waals surface area contributed by atoms with Crippen molar-refractivity contribution in [1.29, 1.82) is 5.26 Å². The Morgan fingerprint density at radius 1 is 1.17 bits per heavy atom. The van der Waals surface area contributed by atoms with Crippen LogP contribution in [0.5, 0.6) is 5.75 Å². The fourth-order valence-electron chi connectivity index (χ4n) is 3.43. The molecule has 7 heteroatoms. The average molecular weight is 395 g/mol. The Labute approximate surface area is 167 Å². The summed E-state index contributed by atoms with van der Waals surface area (Å²) < 4.78 is 33.3. The molecule has 148 valence electrons. The van der Waals surface area contributed by atoms with Gasteiger partial charge in [0.25, 0.3) is 5.91 Å². The second kappa shape index (κ2) is 8.15. The lowest BCUT2D eigenvalue weighted by Crippen LogP contribution is -2.31. The topological polar surface area (TPSA) is 74.2 Å². The van der Waals surface area contributed by atoms with E-state index in [0.29, 0.717) is 22.8 Å². The fraction of sp³-hybridized carbons (Fsp3) is 0.182. The smallest absolute Gasteiger partial charge is 0.254 e. The molecule has 0 saturated heterocycles. The molecular formula is C22H19F2N3O2. The number of halogens is 2. The van der Waals surface area contributed by atoms with Crippen molar-refractivity contribution in [3.63, 3.8) is 0 Å². The van der Waals surface area contributed by atoms with Crippen molar-refractivity contribution in [2.75, 3.05) is 12.4 Å². The Balaban J connectivity index is 2.10. The Hall–Kier alpha value is -3.66. The summed E-state index contributed by atoms with van der Waals surface area (Å²) in [7, 11) is 1.48. The zero-order valence-electron chi connectivity index (χ0n) is 16.1. The maximum atomic E-state index is 14.6.